The molecule has 0 aliphatic heterocycles. The molecule has 1 aromatic rings. The molecule has 0 amide bonds. The fourth-order valence-electron chi connectivity index (χ4n) is 1.68. The van der Waals surface area contributed by atoms with Crippen molar-refractivity contribution < 1.29 is 4.79 Å². The van der Waals surface area contributed by atoms with Gasteiger partial charge in [0.15, 0.2) is 5.78 Å². The van der Waals surface area contributed by atoms with Crippen molar-refractivity contribution in [2.75, 3.05) is 0 Å². The number of rotatable bonds is 2. The van der Waals surface area contributed by atoms with E-state index in [1.165, 1.54) is 16.7 Å². The molecule has 76 valence electrons. The highest BCUT2D eigenvalue weighted by Gasteiger charge is 2.11. The molecule has 2 heteroatoms. The van der Waals surface area contributed by atoms with Crippen molar-refractivity contribution in [2.45, 2.75) is 33.0 Å². The summed E-state index contributed by atoms with van der Waals surface area (Å²) in [5, 5.41) is 0.812. The number of ketones is 1. The first-order valence-electron chi connectivity index (χ1n) is 4.65. The number of carbonyl (C=O) groups is 1. The number of halogens is 1. The second-order valence-corrected chi connectivity index (χ2v) is 4.22. The largest absolute Gasteiger partial charge is 0.295 e. The summed E-state index contributed by atoms with van der Waals surface area (Å²) >= 11 is 3.47. The molecule has 0 saturated carbocycles. The van der Waals surface area contributed by atoms with Crippen LogP contribution in [0.1, 0.15) is 39.5 Å². The van der Waals surface area contributed by atoms with Crippen LogP contribution in [0.4, 0.5) is 0 Å². The monoisotopic (exact) mass is 254 g/mol. The molecule has 1 nitrogen and oxygen atoms in total. The lowest BCUT2D eigenvalue weighted by molar-refractivity contribution is 0.101. The first kappa shape index (κ1) is 11.4. The van der Waals surface area contributed by atoms with E-state index in [0.29, 0.717) is 0 Å². The lowest BCUT2D eigenvalue weighted by Gasteiger charge is -2.13. The summed E-state index contributed by atoms with van der Waals surface area (Å²) in [5.41, 5.74) is 5.68. The van der Waals surface area contributed by atoms with Crippen LogP contribution in [0.5, 0.6) is 0 Å². The number of Topliss-reactive ketones (excluding diaryl/α,β-unsaturated/α-hetero) is 1. The van der Waals surface area contributed by atoms with Crippen molar-refractivity contribution in [2.24, 2.45) is 0 Å². The summed E-state index contributed by atoms with van der Waals surface area (Å²) in [7, 11) is 0. The number of hydrogen-bond donors (Lipinski definition) is 0. The van der Waals surface area contributed by atoms with Gasteiger partial charge in [0.2, 0.25) is 0 Å². The van der Waals surface area contributed by atoms with Crippen LogP contribution in [0, 0.1) is 20.8 Å². The van der Waals surface area contributed by atoms with E-state index < -0.39 is 0 Å². The fraction of sp³-hybridized carbons (Fsp3) is 0.417. The van der Waals surface area contributed by atoms with Crippen molar-refractivity contribution in [3.63, 3.8) is 0 Å². The zero-order valence-electron chi connectivity index (χ0n) is 9.07. The number of carbonyl (C=O) groups excluding carboxylic acids is 1. The molecule has 0 unspecified atom stereocenters. The molecule has 1 aromatic carbocycles. The van der Waals surface area contributed by atoms with Gasteiger partial charge in [0, 0.05) is 10.9 Å². The third-order valence-electron chi connectivity index (χ3n) is 2.77. The second-order valence-electron chi connectivity index (χ2n) is 3.66. The summed E-state index contributed by atoms with van der Waals surface area (Å²) in [6.45, 7) is 7.78. The molecular weight excluding hydrogens is 240 g/mol. The Kier molecular flexibility index (Phi) is 3.48. The minimum Gasteiger partial charge on any atom is -0.295 e. The SMILES string of the molecule is CC(=O)c1cc(C)c(C)c(CBr)c1C. The molecule has 0 spiro atoms. The van der Waals surface area contributed by atoms with Gasteiger partial charge in [-0.3, -0.25) is 4.79 Å². The van der Waals surface area contributed by atoms with Gasteiger partial charge in [-0.25, -0.2) is 0 Å². The number of hydrogen-bond acceptors (Lipinski definition) is 1. The van der Waals surface area contributed by atoms with E-state index in [1.807, 2.05) is 19.9 Å². The van der Waals surface area contributed by atoms with Gasteiger partial charge in [0.25, 0.3) is 0 Å². The van der Waals surface area contributed by atoms with E-state index in [-0.39, 0.29) is 5.78 Å². The summed E-state index contributed by atoms with van der Waals surface area (Å²) in [5.74, 6) is 0.146. The van der Waals surface area contributed by atoms with E-state index in [2.05, 4.69) is 22.9 Å². The predicted octanol–water partition coefficient (Wildman–Crippen LogP) is 3.71. The minimum absolute atomic E-state index is 0.146. The van der Waals surface area contributed by atoms with Crippen LogP contribution in [0.15, 0.2) is 6.07 Å². The molecule has 0 bridgehead atoms. The Balaban J connectivity index is 3.50. The highest BCUT2D eigenvalue weighted by Crippen LogP contribution is 2.24. The van der Waals surface area contributed by atoms with Crippen LogP contribution in [0.3, 0.4) is 0 Å². The van der Waals surface area contributed by atoms with E-state index in [1.54, 1.807) is 6.92 Å². The first-order chi connectivity index (χ1) is 6.49. The average molecular weight is 255 g/mol. The molecule has 0 heterocycles. The van der Waals surface area contributed by atoms with Crippen LogP contribution in [0.25, 0.3) is 0 Å². The van der Waals surface area contributed by atoms with Crippen LogP contribution >= 0.6 is 15.9 Å². The highest BCUT2D eigenvalue weighted by atomic mass is 79.9. The van der Waals surface area contributed by atoms with E-state index in [0.717, 1.165) is 16.5 Å². The molecular formula is C12H15BrO. The molecule has 0 aliphatic rings. The van der Waals surface area contributed by atoms with Gasteiger partial charge in [-0.15, -0.1) is 0 Å². The van der Waals surface area contributed by atoms with Crippen LogP contribution in [0.2, 0.25) is 0 Å². The second kappa shape index (κ2) is 4.26. The van der Waals surface area contributed by atoms with Gasteiger partial charge in [0.05, 0.1) is 0 Å². The van der Waals surface area contributed by atoms with Crippen molar-refractivity contribution in [3.05, 3.63) is 33.9 Å². The summed E-state index contributed by atoms with van der Waals surface area (Å²) in [6, 6.07) is 1.99. The third kappa shape index (κ3) is 1.90. The van der Waals surface area contributed by atoms with Gasteiger partial charge < -0.3 is 0 Å². The maximum atomic E-state index is 11.4. The third-order valence-corrected chi connectivity index (χ3v) is 3.34. The van der Waals surface area contributed by atoms with Crippen molar-refractivity contribution in [1.82, 2.24) is 0 Å². The van der Waals surface area contributed by atoms with E-state index in [9.17, 15) is 4.79 Å². The Labute approximate surface area is 93.7 Å². The van der Waals surface area contributed by atoms with Crippen LogP contribution in [-0.4, -0.2) is 5.78 Å². The molecule has 0 fully saturated rings. The minimum atomic E-state index is 0.146. The molecule has 0 aliphatic carbocycles. The summed E-state index contributed by atoms with van der Waals surface area (Å²) in [6.07, 6.45) is 0. The maximum absolute atomic E-state index is 11.4. The molecule has 0 aromatic heterocycles. The highest BCUT2D eigenvalue weighted by molar-refractivity contribution is 9.08. The summed E-state index contributed by atoms with van der Waals surface area (Å²) in [4.78, 5) is 11.4. The lowest BCUT2D eigenvalue weighted by atomic mass is 9.93. The van der Waals surface area contributed by atoms with E-state index >= 15 is 0 Å². The zero-order chi connectivity index (χ0) is 10.9. The Hall–Kier alpha value is -0.630. The molecule has 1 rings (SSSR count). The molecule has 0 N–H and O–H groups in total. The van der Waals surface area contributed by atoms with Gasteiger partial charge in [-0.2, -0.15) is 0 Å². The van der Waals surface area contributed by atoms with Crippen molar-refractivity contribution in [3.8, 4) is 0 Å². The normalized spacial score (nSPS) is 10.4. The lowest BCUT2D eigenvalue weighted by Crippen LogP contribution is -2.03. The number of alkyl halides is 1. The topological polar surface area (TPSA) is 17.1 Å². The Bertz CT molecular complexity index is 380. The van der Waals surface area contributed by atoms with E-state index in [4.69, 9.17) is 0 Å². The molecule has 0 atom stereocenters. The predicted molar refractivity (Wildman–Crippen MR) is 63.3 cm³/mol. The average Bonchev–Trinajstić information content (AvgIpc) is 2.12. The molecule has 0 radical (unpaired) electrons. The van der Waals surface area contributed by atoms with Crippen molar-refractivity contribution in [1.29, 1.82) is 0 Å². The van der Waals surface area contributed by atoms with Gasteiger partial charge in [-0.05, 0) is 56.0 Å². The van der Waals surface area contributed by atoms with Crippen LogP contribution < -0.4 is 0 Å². The van der Waals surface area contributed by atoms with Gasteiger partial charge >= 0.3 is 0 Å². The molecule has 0 saturated heterocycles. The standard InChI is InChI=1S/C12H15BrO/c1-7-5-11(10(4)14)9(3)12(6-13)8(7)2/h5H,6H2,1-4H3. The Morgan fingerprint density at radius 1 is 1.29 bits per heavy atom. The van der Waals surface area contributed by atoms with Crippen LogP contribution in [-0.2, 0) is 5.33 Å². The number of benzene rings is 1. The first-order valence-corrected chi connectivity index (χ1v) is 5.77. The fourth-order valence-corrected chi connectivity index (χ4v) is 2.52. The van der Waals surface area contributed by atoms with Gasteiger partial charge in [0.1, 0.15) is 0 Å². The smallest absolute Gasteiger partial charge is 0.160 e. The van der Waals surface area contributed by atoms with Gasteiger partial charge in [-0.1, -0.05) is 15.9 Å². The summed E-state index contributed by atoms with van der Waals surface area (Å²) < 4.78 is 0. The van der Waals surface area contributed by atoms with Crippen molar-refractivity contribution >= 4 is 21.7 Å². The Morgan fingerprint density at radius 2 is 1.86 bits per heavy atom. The zero-order valence-corrected chi connectivity index (χ0v) is 10.7. The Morgan fingerprint density at radius 3 is 2.29 bits per heavy atom. The number of aryl methyl sites for hydroxylation is 1. The quantitative estimate of drug-likeness (QED) is 0.581. The molecule has 14 heavy (non-hydrogen) atoms. The maximum Gasteiger partial charge on any atom is 0.160 e.